The van der Waals surface area contributed by atoms with Gasteiger partial charge in [0.25, 0.3) is 0 Å². The largest absolute Gasteiger partial charge is 0.464 e. The molecule has 0 radical (unpaired) electrons. The normalized spacial score (nSPS) is 11.4. The summed E-state index contributed by atoms with van der Waals surface area (Å²) in [6.07, 6.45) is -2.77. The van der Waals surface area contributed by atoms with Crippen molar-refractivity contribution < 1.29 is 22.7 Å². The van der Waals surface area contributed by atoms with Crippen LogP contribution in [0.1, 0.15) is 6.42 Å². The number of rotatable bonds is 4. The van der Waals surface area contributed by atoms with Crippen molar-refractivity contribution in [3.05, 3.63) is 12.4 Å². The molecule has 5 nitrogen and oxygen atoms in total. The SMILES string of the molecule is Nc1cnn(CC(=O)OCCC(F)(F)F)c1. The van der Waals surface area contributed by atoms with Crippen LogP contribution in [0.2, 0.25) is 0 Å². The minimum atomic E-state index is -4.32. The average Bonchev–Trinajstić information content (AvgIpc) is 2.48. The highest BCUT2D eigenvalue weighted by Gasteiger charge is 2.27. The summed E-state index contributed by atoms with van der Waals surface area (Å²) in [5.41, 5.74) is 5.69. The van der Waals surface area contributed by atoms with Crippen molar-refractivity contribution in [2.45, 2.75) is 19.1 Å². The van der Waals surface area contributed by atoms with Crippen LogP contribution in [0.5, 0.6) is 0 Å². The van der Waals surface area contributed by atoms with Crippen LogP contribution < -0.4 is 5.73 Å². The number of nitrogens with two attached hydrogens (primary N) is 1. The minimum Gasteiger partial charge on any atom is -0.464 e. The number of ether oxygens (including phenoxy) is 1. The van der Waals surface area contributed by atoms with Crippen molar-refractivity contribution >= 4 is 11.7 Å². The Labute approximate surface area is 89.0 Å². The predicted octanol–water partition coefficient (Wildman–Crippen LogP) is 0.961. The zero-order valence-electron chi connectivity index (χ0n) is 8.20. The second-order valence-corrected chi connectivity index (χ2v) is 3.06. The van der Waals surface area contributed by atoms with Gasteiger partial charge >= 0.3 is 12.1 Å². The summed E-state index contributed by atoms with van der Waals surface area (Å²) >= 11 is 0. The van der Waals surface area contributed by atoms with Crippen LogP contribution in [-0.2, 0) is 16.1 Å². The Morgan fingerprint density at radius 3 is 2.75 bits per heavy atom. The van der Waals surface area contributed by atoms with Crippen molar-refractivity contribution in [2.75, 3.05) is 12.3 Å². The summed E-state index contributed by atoms with van der Waals surface area (Å²) in [5, 5.41) is 3.68. The van der Waals surface area contributed by atoms with Gasteiger partial charge in [-0.2, -0.15) is 18.3 Å². The van der Waals surface area contributed by atoms with Gasteiger partial charge in [0.2, 0.25) is 0 Å². The number of aromatic nitrogens is 2. The first-order valence-corrected chi connectivity index (χ1v) is 4.37. The zero-order chi connectivity index (χ0) is 12.2. The Balaban J connectivity index is 2.26. The van der Waals surface area contributed by atoms with E-state index in [0.29, 0.717) is 5.69 Å². The van der Waals surface area contributed by atoms with E-state index in [2.05, 4.69) is 9.84 Å². The maximum atomic E-state index is 11.7. The van der Waals surface area contributed by atoms with Gasteiger partial charge in [-0.15, -0.1) is 0 Å². The summed E-state index contributed by atoms with van der Waals surface area (Å²) in [6.45, 7) is -0.936. The number of halogens is 3. The molecule has 8 heteroatoms. The summed E-state index contributed by atoms with van der Waals surface area (Å²) in [6, 6.07) is 0. The van der Waals surface area contributed by atoms with Crippen molar-refractivity contribution in [1.82, 2.24) is 9.78 Å². The quantitative estimate of drug-likeness (QED) is 0.792. The molecule has 0 fully saturated rings. The lowest BCUT2D eigenvalue weighted by molar-refractivity contribution is -0.159. The summed E-state index contributed by atoms with van der Waals surface area (Å²) in [4.78, 5) is 11.0. The number of carbonyl (C=O) groups is 1. The Morgan fingerprint density at radius 2 is 2.25 bits per heavy atom. The topological polar surface area (TPSA) is 70.1 Å². The van der Waals surface area contributed by atoms with Gasteiger partial charge in [-0.1, -0.05) is 0 Å². The molecular weight excluding hydrogens is 227 g/mol. The van der Waals surface area contributed by atoms with Gasteiger partial charge in [-0.05, 0) is 0 Å². The van der Waals surface area contributed by atoms with E-state index in [1.807, 2.05) is 0 Å². The molecule has 0 aliphatic rings. The molecule has 1 aromatic rings. The first kappa shape index (κ1) is 12.3. The Morgan fingerprint density at radius 1 is 1.56 bits per heavy atom. The van der Waals surface area contributed by atoms with Gasteiger partial charge in [-0.25, -0.2) is 0 Å². The number of nitrogens with zero attached hydrogens (tertiary/aromatic N) is 2. The molecule has 0 saturated carbocycles. The van der Waals surface area contributed by atoms with Crippen LogP contribution in [0.25, 0.3) is 0 Å². The molecule has 0 amide bonds. The minimum absolute atomic E-state index is 0.255. The maximum absolute atomic E-state index is 11.7. The number of nitrogen functional groups attached to an aromatic ring is 1. The first-order chi connectivity index (χ1) is 7.37. The third-order valence-electron chi connectivity index (χ3n) is 1.59. The third kappa shape index (κ3) is 4.67. The van der Waals surface area contributed by atoms with Crippen molar-refractivity contribution in [3.63, 3.8) is 0 Å². The Kier molecular flexibility index (Phi) is 3.75. The van der Waals surface area contributed by atoms with Crippen LogP contribution >= 0.6 is 0 Å². The highest BCUT2D eigenvalue weighted by Crippen LogP contribution is 2.18. The number of alkyl halides is 3. The fourth-order valence-electron chi connectivity index (χ4n) is 0.925. The van der Waals surface area contributed by atoms with Gasteiger partial charge in [-0.3, -0.25) is 9.48 Å². The molecule has 0 spiro atoms. The van der Waals surface area contributed by atoms with E-state index in [1.165, 1.54) is 17.1 Å². The lowest BCUT2D eigenvalue weighted by Gasteiger charge is -2.07. The van der Waals surface area contributed by atoms with E-state index in [1.54, 1.807) is 0 Å². The summed E-state index contributed by atoms with van der Waals surface area (Å²) in [7, 11) is 0. The molecule has 0 atom stereocenters. The van der Waals surface area contributed by atoms with Crippen molar-refractivity contribution in [1.29, 1.82) is 0 Å². The molecule has 0 saturated heterocycles. The van der Waals surface area contributed by atoms with Gasteiger partial charge < -0.3 is 10.5 Å². The lowest BCUT2D eigenvalue weighted by atomic mass is 10.4. The highest BCUT2D eigenvalue weighted by molar-refractivity contribution is 5.69. The number of hydrogen-bond acceptors (Lipinski definition) is 4. The molecule has 2 N–H and O–H groups in total. The van der Waals surface area contributed by atoms with Gasteiger partial charge in [0, 0.05) is 6.20 Å². The molecule has 90 valence electrons. The fourth-order valence-corrected chi connectivity index (χ4v) is 0.925. The average molecular weight is 237 g/mol. The number of anilines is 1. The molecular formula is C8H10F3N3O2. The number of esters is 1. The van der Waals surface area contributed by atoms with Gasteiger partial charge in [0.15, 0.2) is 0 Å². The van der Waals surface area contributed by atoms with E-state index in [-0.39, 0.29) is 6.54 Å². The standard InChI is InChI=1S/C8H10F3N3O2/c9-8(10,11)1-2-16-7(15)5-14-4-6(12)3-13-14/h3-4H,1-2,5,12H2. The van der Waals surface area contributed by atoms with Crippen LogP contribution in [-0.4, -0.2) is 28.5 Å². The number of carbonyl (C=O) groups excluding carboxylic acids is 1. The summed E-state index contributed by atoms with van der Waals surface area (Å²) < 4.78 is 40.7. The lowest BCUT2D eigenvalue weighted by Crippen LogP contribution is -2.18. The molecule has 1 heterocycles. The second kappa shape index (κ2) is 4.86. The zero-order valence-corrected chi connectivity index (χ0v) is 8.20. The van der Waals surface area contributed by atoms with E-state index in [0.717, 1.165) is 0 Å². The Bertz CT molecular complexity index is 362. The van der Waals surface area contributed by atoms with Crippen molar-refractivity contribution in [2.24, 2.45) is 0 Å². The molecule has 0 aliphatic heterocycles. The molecule has 1 rings (SSSR count). The first-order valence-electron chi connectivity index (χ1n) is 4.37. The van der Waals surface area contributed by atoms with Crippen molar-refractivity contribution in [3.8, 4) is 0 Å². The smallest absolute Gasteiger partial charge is 0.392 e. The summed E-state index contributed by atoms with van der Waals surface area (Å²) in [5.74, 6) is -0.785. The van der Waals surface area contributed by atoms with E-state index in [9.17, 15) is 18.0 Å². The fraction of sp³-hybridized carbons (Fsp3) is 0.500. The third-order valence-corrected chi connectivity index (χ3v) is 1.59. The monoisotopic (exact) mass is 237 g/mol. The van der Waals surface area contributed by atoms with Crippen LogP contribution in [0.3, 0.4) is 0 Å². The molecule has 0 aromatic carbocycles. The van der Waals surface area contributed by atoms with E-state index in [4.69, 9.17) is 5.73 Å². The van der Waals surface area contributed by atoms with Gasteiger partial charge in [0.1, 0.15) is 13.2 Å². The van der Waals surface area contributed by atoms with E-state index < -0.39 is 25.2 Å². The number of hydrogen-bond donors (Lipinski definition) is 1. The Hall–Kier alpha value is -1.73. The predicted molar refractivity (Wildman–Crippen MR) is 48.3 cm³/mol. The molecule has 16 heavy (non-hydrogen) atoms. The van der Waals surface area contributed by atoms with Crippen LogP contribution in [0, 0.1) is 0 Å². The van der Waals surface area contributed by atoms with Crippen LogP contribution in [0.4, 0.5) is 18.9 Å². The molecule has 0 unspecified atom stereocenters. The molecule has 1 aromatic heterocycles. The maximum Gasteiger partial charge on any atom is 0.392 e. The molecule has 0 bridgehead atoms. The highest BCUT2D eigenvalue weighted by atomic mass is 19.4. The molecule has 0 aliphatic carbocycles. The van der Waals surface area contributed by atoms with Crippen LogP contribution in [0.15, 0.2) is 12.4 Å². The second-order valence-electron chi connectivity index (χ2n) is 3.06. The van der Waals surface area contributed by atoms with Gasteiger partial charge in [0.05, 0.1) is 18.3 Å². The van der Waals surface area contributed by atoms with E-state index >= 15 is 0 Å².